The van der Waals surface area contributed by atoms with E-state index >= 15 is 0 Å². The number of likely N-dealkylation sites (N-methyl/N-ethyl adjacent to an activating group) is 1. The van der Waals surface area contributed by atoms with Gasteiger partial charge in [-0.05, 0) is 18.5 Å². The van der Waals surface area contributed by atoms with Crippen LogP contribution in [0.25, 0.3) is 10.6 Å². The first kappa shape index (κ1) is 14.7. The molecule has 1 fully saturated rings. The Labute approximate surface area is 129 Å². The monoisotopic (exact) mass is 307 g/mol. The van der Waals surface area contributed by atoms with Crippen molar-refractivity contribution >= 4 is 11.3 Å². The Morgan fingerprint density at radius 2 is 2.24 bits per heavy atom. The molecule has 0 amide bonds. The highest BCUT2D eigenvalue weighted by Crippen LogP contribution is 2.25. The Bertz CT molecular complexity index is 535. The van der Waals surface area contributed by atoms with Gasteiger partial charge in [0.2, 0.25) is 5.89 Å². The predicted molar refractivity (Wildman–Crippen MR) is 83.4 cm³/mol. The van der Waals surface area contributed by atoms with Gasteiger partial charge in [0.15, 0.2) is 5.76 Å². The van der Waals surface area contributed by atoms with Crippen LogP contribution in [0.1, 0.15) is 5.89 Å². The van der Waals surface area contributed by atoms with Gasteiger partial charge in [0.05, 0.1) is 30.8 Å². The first-order chi connectivity index (χ1) is 10.3. The van der Waals surface area contributed by atoms with Crippen molar-refractivity contribution in [3.8, 4) is 10.6 Å². The smallest absolute Gasteiger partial charge is 0.209 e. The molecule has 114 valence electrons. The fourth-order valence-electron chi connectivity index (χ4n) is 2.36. The Morgan fingerprint density at radius 3 is 3.00 bits per heavy atom. The molecule has 1 aliphatic heterocycles. The number of thiophene rings is 1. The van der Waals surface area contributed by atoms with Crippen LogP contribution >= 0.6 is 11.3 Å². The first-order valence-corrected chi connectivity index (χ1v) is 8.16. The minimum atomic E-state index is 0.746. The molecular formula is C15H21N3O2S. The number of hydrogen-bond donors (Lipinski definition) is 0. The Morgan fingerprint density at radius 1 is 1.38 bits per heavy atom. The number of oxazole rings is 1. The fraction of sp³-hybridized carbons (Fsp3) is 0.533. The van der Waals surface area contributed by atoms with Gasteiger partial charge in [-0.2, -0.15) is 0 Å². The highest BCUT2D eigenvalue weighted by molar-refractivity contribution is 7.13. The molecule has 1 saturated heterocycles. The average Bonchev–Trinajstić information content (AvgIpc) is 3.17. The van der Waals surface area contributed by atoms with Crippen molar-refractivity contribution in [3.05, 3.63) is 29.6 Å². The molecule has 0 N–H and O–H groups in total. The summed E-state index contributed by atoms with van der Waals surface area (Å²) in [5.74, 6) is 1.64. The molecule has 1 aliphatic rings. The summed E-state index contributed by atoms with van der Waals surface area (Å²) in [4.78, 5) is 10.2. The summed E-state index contributed by atoms with van der Waals surface area (Å²) in [6.45, 7) is 6.61. The second kappa shape index (κ2) is 7.17. The normalized spacial score (nSPS) is 16.7. The van der Waals surface area contributed by atoms with Crippen LogP contribution < -0.4 is 0 Å². The van der Waals surface area contributed by atoms with Gasteiger partial charge in [-0.3, -0.25) is 9.80 Å². The maximum atomic E-state index is 5.81. The lowest BCUT2D eigenvalue weighted by molar-refractivity contribution is 0.0339. The fourth-order valence-corrected chi connectivity index (χ4v) is 3.03. The van der Waals surface area contributed by atoms with Gasteiger partial charge >= 0.3 is 0 Å². The molecule has 3 heterocycles. The number of hydrogen-bond acceptors (Lipinski definition) is 6. The molecule has 0 radical (unpaired) electrons. The molecule has 2 aromatic rings. The van der Waals surface area contributed by atoms with Crippen molar-refractivity contribution in [2.45, 2.75) is 6.54 Å². The van der Waals surface area contributed by atoms with E-state index in [-0.39, 0.29) is 0 Å². The zero-order valence-corrected chi connectivity index (χ0v) is 13.1. The van der Waals surface area contributed by atoms with Gasteiger partial charge < -0.3 is 9.15 Å². The quantitative estimate of drug-likeness (QED) is 0.818. The van der Waals surface area contributed by atoms with Gasteiger partial charge in [-0.15, -0.1) is 11.3 Å². The van der Waals surface area contributed by atoms with Crippen molar-refractivity contribution < 1.29 is 9.15 Å². The van der Waals surface area contributed by atoms with Gasteiger partial charge in [0.25, 0.3) is 0 Å². The largest absolute Gasteiger partial charge is 0.438 e. The van der Waals surface area contributed by atoms with Crippen LogP contribution in [0.5, 0.6) is 0 Å². The van der Waals surface area contributed by atoms with Crippen molar-refractivity contribution in [1.29, 1.82) is 0 Å². The molecule has 0 atom stereocenters. The van der Waals surface area contributed by atoms with Crippen molar-refractivity contribution in [2.75, 3.05) is 46.4 Å². The molecule has 0 spiro atoms. The molecule has 0 unspecified atom stereocenters. The van der Waals surface area contributed by atoms with Crippen molar-refractivity contribution in [3.63, 3.8) is 0 Å². The van der Waals surface area contributed by atoms with E-state index in [2.05, 4.69) is 27.9 Å². The summed E-state index contributed by atoms with van der Waals surface area (Å²) in [5, 5.41) is 2.05. The maximum absolute atomic E-state index is 5.81. The molecule has 5 nitrogen and oxygen atoms in total. The third kappa shape index (κ3) is 4.14. The average molecular weight is 307 g/mol. The minimum Gasteiger partial charge on any atom is -0.438 e. The molecule has 6 heteroatoms. The van der Waals surface area contributed by atoms with E-state index in [0.29, 0.717) is 0 Å². The van der Waals surface area contributed by atoms with E-state index in [4.69, 9.17) is 9.15 Å². The second-order valence-electron chi connectivity index (χ2n) is 5.29. The summed E-state index contributed by atoms with van der Waals surface area (Å²) >= 11 is 1.67. The van der Waals surface area contributed by atoms with Crippen LogP contribution in [-0.4, -0.2) is 61.2 Å². The summed E-state index contributed by atoms with van der Waals surface area (Å²) in [5.41, 5.74) is 0. The summed E-state index contributed by atoms with van der Waals surface area (Å²) in [6, 6.07) is 4.08. The number of aromatic nitrogens is 1. The summed E-state index contributed by atoms with van der Waals surface area (Å²) in [7, 11) is 2.11. The molecule has 2 aromatic heterocycles. The highest BCUT2D eigenvalue weighted by Gasteiger charge is 2.13. The van der Waals surface area contributed by atoms with E-state index in [0.717, 1.165) is 62.5 Å². The first-order valence-electron chi connectivity index (χ1n) is 7.28. The van der Waals surface area contributed by atoms with Crippen molar-refractivity contribution in [1.82, 2.24) is 14.8 Å². The van der Waals surface area contributed by atoms with Gasteiger partial charge in [0, 0.05) is 26.2 Å². The molecule has 0 aromatic carbocycles. The third-order valence-corrected chi connectivity index (χ3v) is 4.51. The number of morpholine rings is 1. The lowest BCUT2D eigenvalue weighted by atomic mass is 10.4. The Balaban J connectivity index is 1.47. The third-order valence-electron chi connectivity index (χ3n) is 3.62. The topological polar surface area (TPSA) is 41.7 Å². The van der Waals surface area contributed by atoms with E-state index in [1.165, 1.54) is 0 Å². The summed E-state index contributed by atoms with van der Waals surface area (Å²) < 4.78 is 11.2. The number of nitrogens with zero attached hydrogens (tertiary/aromatic N) is 3. The molecule has 0 bridgehead atoms. The number of ether oxygens (including phenoxy) is 1. The molecule has 3 rings (SSSR count). The van der Waals surface area contributed by atoms with E-state index < -0.39 is 0 Å². The Hall–Kier alpha value is -1.21. The van der Waals surface area contributed by atoms with Crippen LogP contribution in [0.15, 0.2) is 28.1 Å². The second-order valence-corrected chi connectivity index (χ2v) is 6.24. The SMILES string of the molecule is CN(CCN1CCOCC1)Cc1ncc(-c2cccs2)o1. The van der Waals surface area contributed by atoms with Gasteiger partial charge in [0.1, 0.15) is 0 Å². The van der Waals surface area contributed by atoms with E-state index in [9.17, 15) is 0 Å². The zero-order valence-electron chi connectivity index (χ0n) is 12.3. The highest BCUT2D eigenvalue weighted by atomic mass is 32.1. The lowest BCUT2D eigenvalue weighted by Crippen LogP contribution is -2.40. The van der Waals surface area contributed by atoms with E-state index in [1.54, 1.807) is 11.3 Å². The minimum absolute atomic E-state index is 0.746. The van der Waals surface area contributed by atoms with Crippen LogP contribution in [0.2, 0.25) is 0 Å². The van der Waals surface area contributed by atoms with Gasteiger partial charge in [-0.25, -0.2) is 4.98 Å². The van der Waals surface area contributed by atoms with Crippen LogP contribution in [0.3, 0.4) is 0 Å². The number of rotatable bonds is 6. The Kier molecular flexibility index (Phi) is 5.03. The maximum Gasteiger partial charge on any atom is 0.209 e. The van der Waals surface area contributed by atoms with Gasteiger partial charge in [-0.1, -0.05) is 6.07 Å². The van der Waals surface area contributed by atoms with Crippen LogP contribution in [-0.2, 0) is 11.3 Å². The molecule has 21 heavy (non-hydrogen) atoms. The van der Waals surface area contributed by atoms with E-state index in [1.807, 2.05) is 17.6 Å². The zero-order chi connectivity index (χ0) is 14.5. The molecule has 0 aliphatic carbocycles. The standard InChI is InChI=1S/C15H21N3O2S/c1-17(4-5-18-6-8-19-9-7-18)12-15-16-11-13(20-15)14-3-2-10-21-14/h2-3,10-11H,4-9,12H2,1H3. The molecule has 0 saturated carbocycles. The van der Waals surface area contributed by atoms with Crippen molar-refractivity contribution in [2.24, 2.45) is 0 Å². The predicted octanol–water partition coefficient (Wildman–Crippen LogP) is 2.17. The summed E-state index contributed by atoms with van der Waals surface area (Å²) in [6.07, 6.45) is 1.82. The lowest BCUT2D eigenvalue weighted by Gasteiger charge is -2.28. The van der Waals surface area contributed by atoms with Crippen LogP contribution in [0, 0.1) is 0 Å². The van der Waals surface area contributed by atoms with Crippen LogP contribution in [0.4, 0.5) is 0 Å². The molecular weight excluding hydrogens is 286 g/mol.